The lowest BCUT2D eigenvalue weighted by atomic mass is 10.1. The summed E-state index contributed by atoms with van der Waals surface area (Å²) in [7, 11) is -0.930. The summed E-state index contributed by atoms with van der Waals surface area (Å²) in [5.41, 5.74) is 2.05. The van der Waals surface area contributed by atoms with Crippen LogP contribution in [0, 0.1) is 0 Å². The smallest absolute Gasteiger partial charge is 0.335 e. The fourth-order valence-electron chi connectivity index (χ4n) is 2.08. The Bertz CT molecular complexity index is 573. The van der Waals surface area contributed by atoms with E-state index in [2.05, 4.69) is 5.32 Å². The van der Waals surface area contributed by atoms with Crippen molar-refractivity contribution in [3.8, 4) is 0 Å². The van der Waals surface area contributed by atoms with Gasteiger partial charge in [-0.15, -0.1) is 0 Å². The Labute approximate surface area is 119 Å². The minimum absolute atomic E-state index is 0.219. The summed E-state index contributed by atoms with van der Waals surface area (Å²) < 4.78 is 10.9. The van der Waals surface area contributed by atoms with E-state index in [1.165, 1.54) is 0 Å². The number of nitrogens with zero attached hydrogens (tertiary/aromatic N) is 1. The molecule has 1 aliphatic heterocycles. The molecule has 1 aliphatic rings. The molecule has 0 radical (unpaired) electrons. The minimum Gasteiger partial charge on any atom is -0.478 e. The first-order valence-electron chi connectivity index (χ1n) is 6.15. The van der Waals surface area contributed by atoms with Crippen LogP contribution in [0.15, 0.2) is 18.2 Å². The van der Waals surface area contributed by atoms with Gasteiger partial charge < -0.3 is 15.3 Å². The van der Waals surface area contributed by atoms with Crippen molar-refractivity contribution in [2.24, 2.45) is 0 Å². The van der Waals surface area contributed by atoms with Gasteiger partial charge in [0.05, 0.1) is 5.56 Å². The van der Waals surface area contributed by atoms with Crippen molar-refractivity contribution in [1.29, 1.82) is 0 Å². The molecule has 0 saturated heterocycles. The second kappa shape index (κ2) is 6.04. The van der Waals surface area contributed by atoms with E-state index in [-0.39, 0.29) is 11.6 Å². The van der Waals surface area contributed by atoms with Crippen LogP contribution >= 0.6 is 0 Å². The molecule has 0 bridgehead atoms. The Kier molecular flexibility index (Phi) is 4.39. The van der Waals surface area contributed by atoms with E-state index < -0.39 is 16.8 Å². The van der Waals surface area contributed by atoms with Crippen LogP contribution in [0.3, 0.4) is 0 Å². The maximum atomic E-state index is 11.9. The molecular weight excluding hydrogens is 280 g/mol. The van der Waals surface area contributed by atoms with E-state index in [1.54, 1.807) is 29.4 Å². The largest absolute Gasteiger partial charge is 0.478 e. The van der Waals surface area contributed by atoms with Crippen molar-refractivity contribution >= 4 is 22.8 Å². The highest BCUT2D eigenvalue weighted by Crippen LogP contribution is 2.23. The zero-order chi connectivity index (χ0) is 14.7. The maximum absolute atomic E-state index is 11.9. The van der Waals surface area contributed by atoms with Crippen molar-refractivity contribution < 1.29 is 18.9 Å². The first kappa shape index (κ1) is 14.5. The minimum atomic E-state index is -0.971. The average molecular weight is 296 g/mol. The summed E-state index contributed by atoms with van der Waals surface area (Å²) in [6.07, 6.45) is 1.59. The number of urea groups is 1. The van der Waals surface area contributed by atoms with E-state index in [0.29, 0.717) is 25.4 Å². The van der Waals surface area contributed by atoms with Gasteiger partial charge in [-0.2, -0.15) is 0 Å². The second-order valence-electron chi connectivity index (χ2n) is 4.65. The van der Waals surface area contributed by atoms with Crippen molar-refractivity contribution in [3.63, 3.8) is 0 Å². The van der Waals surface area contributed by atoms with Crippen LogP contribution in [-0.4, -0.2) is 44.8 Å². The molecule has 2 rings (SSSR count). The molecular formula is C13H16N2O4S. The second-order valence-corrected chi connectivity index (χ2v) is 6.21. The molecule has 1 aromatic rings. The lowest BCUT2D eigenvalue weighted by Crippen LogP contribution is -2.38. The number of fused-ring (bicyclic) bond motifs is 1. The van der Waals surface area contributed by atoms with E-state index in [4.69, 9.17) is 5.11 Å². The number of aromatic carboxylic acids is 1. The zero-order valence-electron chi connectivity index (χ0n) is 11.1. The standard InChI is InChI=1S/C13H16N2O4S/c1-20(19)5-4-14-13(18)15-7-10-3-2-9(12(16)17)6-11(10)8-15/h2-3,6H,4-5,7-8H2,1H3,(H,14,18)(H,16,17). The first-order chi connectivity index (χ1) is 9.47. The number of amides is 2. The number of hydrogen-bond acceptors (Lipinski definition) is 3. The van der Waals surface area contributed by atoms with Crippen LogP contribution in [0.5, 0.6) is 0 Å². The van der Waals surface area contributed by atoms with Gasteiger partial charge in [-0.05, 0) is 23.3 Å². The molecule has 1 unspecified atom stereocenters. The third-order valence-corrected chi connectivity index (χ3v) is 3.91. The molecule has 7 heteroatoms. The highest BCUT2D eigenvalue weighted by atomic mass is 32.2. The number of rotatable bonds is 4. The Morgan fingerprint density at radius 3 is 2.70 bits per heavy atom. The third-order valence-electron chi connectivity index (χ3n) is 3.13. The number of carbonyl (C=O) groups is 2. The molecule has 20 heavy (non-hydrogen) atoms. The molecule has 0 aliphatic carbocycles. The number of carboxylic acids is 1. The summed E-state index contributed by atoms with van der Waals surface area (Å²) in [5, 5.41) is 11.6. The van der Waals surface area contributed by atoms with E-state index in [0.717, 1.165) is 11.1 Å². The van der Waals surface area contributed by atoms with Crippen LogP contribution < -0.4 is 5.32 Å². The van der Waals surface area contributed by atoms with Gasteiger partial charge in [-0.25, -0.2) is 9.59 Å². The molecule has 0 saturated carbocycles. The van der Waals surface area contributed by atoms with Gasteiger partial charge in [0.1, 0.15) is 0 Å². The quantitative estimate of drug-likeness (QED) is 0.860. The molecule has 1 heterocycles. The van der Waals surface area contributed by atoms with Crippen LogP contribution in [-0.2, 0) is 23.9 Å². The molecule has 2 amide bonds. The Morgan fingerprint density at radius 1 is 1.35 bits per heavy atom. The molecule has 0 spiro atoms. The molecule has 0 fully saturated rings. The van der Waals surface area contributed by atoms with Crippen LogP contribution in [0.2, 0.25) is 0 Å². The number of benzene rings is 1. The van der Waals surface area contributed by atoms with Crippen LogP contribution in [0.1, 0.15) is 21.5 Å². The van der Waals surface area contributed by atoms with E-state index in [1.807, 2.05) is 0 Å². The Morgan fingerprint density at radius 2 is 2.05 bits per heavy atom. The number of carbonyl (C=O) groups excluding carboxylic acids is 1. The summed E-state index contributed by atoms with van der Waals surface area (Å²) >= 11 is 0. The predicted octanol–water partition coefficient (Wildman–Crippen LogP) is 0.788. The molecule has 2 N–H and O–H groups in total. The topological polar surface area (TPSA) is 86.7 Å². The fourth-order valence-corrected chi connectivity index (χ4v) is 2.47. The normalized spacial score (nSPS) is 14.8. The first-order valence-corrected chi connectivity index (χ1v) is 7.88. The monoisotopic (exact) mass is 296 g/mol. The molecule has 6 nitrogen and oxygen atoms in total. The van der Waals surface area contributed by atoms with Crippen molar-refractivity contribution in [2.75, 3.05) is 18.6 Å². The van der Waals surface area contributed by atoms with Gasteiger partial charge in [0, 0.05) is 42.4 Å². The number of carboxylic acid groups (broad SMARTS) is 1. The van der Waals surface area contributed by atoms with Gasteiger partial charge in [0.15, 0.2) is 0 Å². The van der Waals surface area contributed by atoms with E-state index >= 15 is 0 Å². The fraction of sp³-hybridized carbons (Fsp3) is 0.385. The zero-order valence-corrected chi connectivity index (χ0v) is 11.9. The highest BCUT2D eigenvalue weighted by molar-refractivity contribution is 7.84. The van der Waals surface area contributed by atoms with Crippen LogP contribution in [0.25, 0.3) is 0 Å². The summed E-state index contributed by atoms with van der Waals surface area (Å²) in [6, 6.07) is 4.67. The highest BCUT2D eigenvalue weighted by Gasteiger charge is 2.23. The number of nitrogens with one attached hydrogen (secondary N) is 1. The average Bonchev–Trinajstić information content (AvgIpc) is 2.80. The van der Waals surface area contributed by atoms with E-state index in [9.17, 15) is 13.8 Å². The molecule has 1 aromatic carbocycles. The van der Waals surface area contributed by atoms with Gasteiger partial charge in [-0.1, -0.05) is 6.07 Å². The molecule has 1 atom stereocenters. The summed E-state index contributed by atoms with van der Waals surface area (Å²) in [4.78, 5) is 24.4. The lowest BCUT2D eigenvalue weighted by molar-refractivity contribution is 0.0696. The Balaban J connectivity index is 1.96. The third kappa shape index (κ3) is 3.36. The van der Waals surface area contributed by atoms with Crippen molar-refractivity contribution in [2.45, 2.75) is 13.1 Å². The summed E-state index contributed by atoms with van der Waals surface area (Å²) in [6.45, 7) is 1.24. The van der Waals surface area contributed by atoms with Gasteiger partial charge in [0.25, 0.3) is 0 Å². The maximum Gasteiger partial charge on any atom is 0.335 e. The van der Waals surface area contributed by atoms with Gasteiger partial charge in [0.2, 0.25) is 0 Å². The van der Waals surface area contributed by atoms with Crippen molar-refractivity contribution in [1.82, 2.24) is 10.2 Å². The van der Waals surface area contributed by atoms with Gasteiger partial charge in [-0.3, -0.25) is 4.21 Å². The van der Waals surface area contributed by atoms with Crippen LogP contribution in [0.4, 0.5) is 4.79 Å². The Hall–Kier alpha value is -1.89. The molecule has 0 aromatic heterocycles. The number of hydrogen-bond donors (Lipinski definition) is 2. The molecule has 108 valence electrons. The van der Waals surface area contributed by atoms with Gasteiger partial charge >= 0.3 is 12.0 Å². The SMILES string of the molecule is CS(=O)CCNC(=O)N1Cc2ccc(C(=O)O)cc2C1. The van der Waals surface area contributed by atoms with Crippen molar-refractivity contribution in [3.05, 3.63) is 34.9 Å². The predicted molar refractivity (Wildman–Crippen MR) is 75.0 cm³/mol. The lowest BCUT2D eigenvalue weighted by Gasteiger charge is -2.16. The summed E-state index contributed by atoms with van der Waals surface area (Å²) in [5.74, 6) is -0.545.